The summed E-state index contributed by atoms with van der Waals surface area (Å²) in [7, 11) is 1.91. The first kappa shape index (κ1) is 23.4. The Kier molecular flexibility index (Phi) is 7.74. The molecule has 2 aliphatic rings. The van der Waals surface area contributed by atoms with Crippen molar-refractivity contribution in [2.45, 2.75) is 38.5 Å². The van der Waals surface area contributed by atoms with Gasteiger partial charge in [0.25, 0.3) is 5.91 Å². The van der Waals surface area contributed by atoms with Crippen molar-refractivity contribution in [1.82, 2.24) is 20.2 Å². The van der Waals surface area contributed by atoms with Crippen molar-refractivity contribution in [3.05, 3.63) is 47.2 Å². The molecule has 2 aromatic rings. The molecule has 1 saturated heterocycles. The highest BCUT2D eigenvalue weighted by molar-refractivity contribution is 5.93. The molecule has 9 nitrogen and oxygen atoms in total. The summed E-state index contributed by atoms with van der Waals surface area (Å²) in [6.07, 6.45) is 1.27. The van der Waals surface area contributed by atoms with Crippen LogP contribution in [0.25, 0.3) is 0 Å². The van der Waals surface area contributed by atoms with E-state index in [9.17, 15) is 9.90 Å². The number of carbonyl (C=O) groups is 1. The summed E-state index contributed by atoms with van der Waals surface area (Å²) in [6.45, 7) is 6.52. The zero-order valence-electron chi connectivity index (χ0n) is 19.5. The Hall–Kier alpha value is -2.75. The molecule has 0 bridgehead atoms. The maximum Gasteiger partial charge on any atom is 0.270 e. The van der Waals surface area contributed by atoms with Crippen molar-refractivity contribution >= 4 is 17.7 Å². The Morgan fingerprint density at radius 2 is 2.09 bits per heavy atom. The summed E-state index contributed by atoms with van der Waals surface area (Å²) >= 11 is 0. The number of β-amino-alcohol motifs (C(OH)–C–C–N with tert-alkyl or cyclic N) is 1. The number of fused-ring (bicyclic) bond motifs is 1. The Labute approximate surface area is 195 Å². The van der Waals surface area contributed by atoms with Crippen LogP contribution in [0.3, 0.4) is 0 Å². The molecule has 0 spiro atoms. The zero-order valence-corrected chi connectivity index (χ0v) is 19.5. The van der Waals surface area contributed by atoms with Gasteiger partial charge < -0.3 is 25.4 Å². The number of hydrogen-bond donors (Lipinski definition) is 3. The summed E-state index contributed by atoms with van der Waals surface area (Å²) < 4.78 is 5.22. The van der Waals surface area contributed by atoms with Crippen LogP contribution in [0.15, 0.2) is 30.3 Å². The number of amides is 1. The van der Waals surface area contributed by atoms with Crippen LogP contribution in [0.4, 0.5) is 11.8 Å². The smallest absolute Gasteiger partial charge is 0.270 e. The van der Waals surface area contributed by atoms with E-state index in [-0.39, 0.29) is 24.2 Å². The van der Waals surface area contributed by atoms with Crippen LogP contribution in [-0.4, -0.2) is 84.5 Å². The van der Waals surface area contributed by atoms with Crippen molar-refractivity contribution in [3.63, 3.8) is 0 Å². The summed E-state index contributed by atoms with van der Waals surface area (Å²) in [4.78, 5) is 26.0. The largest absolute Gasteiger partial charge is 0.390 e. The van der Waals surface area contributed by atoms with Crippen molar-refractivity contribution in [2.75, 3.05) is 56.7 Å². The van der Waals surface area contributed by atoms with E-state index in [1.165, 1.54) is 11.1 Å². The number of carbonyl (C=O) groups excluding carboxylic acids is 1. The van der Waals surface area contributed by atoms with Gasteiger partial charge in [0.2, 0.25) is 5.95 Å². The molecule has 1 amide bonds. The number of nitrogens with zero attached hydrogens (tertiary/aromatic N) is 4. The van der Waals surface area contributed by atoms with E-state index in [1.54, 1.807) is 6.07 Å². The molecule has 1 fully saturated rings. The van der Waals surface area contributed by atoms with Gasteiger partial charge in [0.1, 0.15) is 11.5 Å². The SMILES string of the molecule is CCCN(C)c1nc(NC2COC2)cc(C(=O)NCC(O)CN2CCc3ccccc3C2)n1. The molecule has 1 atom stereocenters. The number of aliphatic hydroxyl groups is 1. The molecule has 178 valence electrons. The normalized spacial score (nSPS) is 17.1. The van der Waals surface area contributed by atoms with E-state index in [0.717, 1.165) is 32.5 Å². The minimum absolute atomic E-state index is 0.167. The number of aliphatic hydroxyl groups excluding tert-OH is 1. The Balaban J connectivity index is 1.34. The number of rotatable bonds is 10. The number of hydrogen-bond acceptors (Lipinski definition) is 8. The van der Waals surface area contributed by atoms with Gasteiger partial charge >= 0.3 is 0 Å². The summed E-state index contributed by atoms with van der Waals surface area (Å²) in [5.41, 5.74) is 2.97. The van der Waals surface area contributed by atoms with E-state index in [4.69, 9.17) is 4.74 Å². The monoisotopic (exact) mass is 454 g/mol. The third kappa shape index (κ3) is 6.19. The molecule has 2 aliphatic heterocycles. The third-order valence-corrected chi connectivity index (χ3v) is 6.01. The van der Waals surface area contributed by atoms with Crippen LogP contribution < -0.4 is 15.5 Å². The maximum atomic E-state index is 12.9. The summed E-state index contributed by atoms with van der Waals surface area (Å²) in [6, 6.07) is 10.3. The molecule has 0 radical (unpaired) electrons. The number of anilines is 2. The predicted molar refractivity (Wildman–Crippen MR) is 128 cm³/mol. The first-order valence-electron chi connectivity index (χ1n) is 11.7. The van der Waals surface area contributed by atoms with E-state index < -0.39 is 6.10 Å². The standard InChI is InChI=1S/C24H34N6O3/c1-3-9-29(2)24-27-21(11-22(28-24)26-19-15-33-16-19)23(32)25-12-20(31)14-30-10-8-17-6-4-5-7-18(17)13-30/h4-7,11,19-20,31H,3,8-10,12-16H2,1-2H3,(H,25,32)(H,26,27,28). The number of benzene rings is 1. The first-order valence-corrected chi connectivity index (χ1v) is 11.7. The van der Waals surface area contributed by atoms with Gasteiger partial charge in [-0.2, -0.15) is 4.98 Å². The van der Waals surface area contributed by atoms with Crippen LogP contribution in [0.2, 0.25) is 0 Å². The van der Waals surface area contributed by atoms with Gasteiger partial charge in [0, 0.05) is 45.8 Å². The Morgan fingerprint density at radius 1 is 1.30 bits per heavy atom. The molecule has 0 saturated carbocycles. The van der Waals surface area contributed by atoms with Gasteiger partial charge in [-0.3, -0.25) is 9.69 Å². The third-order valence-electron chi connectivity index (χ3n) is 6.01. The lowest BCUT2D eigenvalue weighted by atomic mass is 10.00. The topological polar surface area (TPSA) is 103 Å². The van der Waals surface area contributed by atoms with Crippen LogP contribution in [0.5, 0.6) is 0 Å². The molecular weight excluding hydrogens is 420 g/mol. The van der Waals surface area contributed by atoms with Crippen LogP contribution in [-0.2, 0) is 17.7 Å². The van der Waals surface area contributed by atoms with Gasteiger partial charge in [-0.05, 0) is 24.0 Å². The van der Waals surface area contributed by atoms with E-state index in [2.05, 4.69) is 50.6 Å². The molecule has 33 heavy (non-hydrogen) atoms. The van der Waals surface area contributed by atoms with Gasteiger partial charge in [0.15, 0.2) is 0 Å². The Bertz CT molecular complexity index is 952. The fourth-order valence-electron chi connectivity index (χ4n) is 4.13. The fourth-order valence-corrected chi connectivity index (χ4v) is 4.13. The summed E-state index contributed by atoms with van der Waals surface area (Å²) in [5.74, 6) is 0.785. The van der Waals surface area contributed by atoms with E-state index in [1.807, 2.05) is 18.0 Å². The average Bonchev–Trinajstić information content (AvgIpc) is 2.79. The molecule has 1 aromatic carbocycles. The van der Waals surface area contributed by atoms with Crippen molar-refractivity contribution in [3.8, 4) is 0 Å². The zero-order chi connectivity index (χ0) is 23.2. The molecular formula is C24H34N6O3. The van der Waals surface area contributed by atoms with Gasteiger partial charge in [-0.25, -0.2) is 4.98 Å². The highest BCUT2D eigenvalue weighted by Gasteiger charge is 2.22. The lowest BCUT2D eigenvalue weighted by Crippen LogP contribution is -2.42. The predicted octanol–water partition coefficient (Wildman–Crippen LogP) is 1.28. The fraction of sp³-hybridized carbons (Fsp3) is 0.542. The van der Waals surface area contributed by atoms with Crippen molar-refractivity contribution in [1.29, 1.82) is 0 Å². The van der Waals surface area contributed by atoms with Crippen LogP contribution in [0.1, 0.15) is 35.0 Å². The maximum absolute atomic E-state index is 12.9. The first-order chi connectivity index (χ1) is 16.0. The minimum atomic E-state index is -0.659. The van der Waals surface area contributed by atoms with Crippen molar-refractivity contribution < 1.29 is 14.6 Å². The number of ether oxygens (including phenoxy) is 1. The van der Waals surface area contributed by atoms with E-state index >= 15 is 0 Å². The average molecular weight is 455 g/mol. The van der Waals surface area contributed by atoms with Crippen LogP contribution in [0, 0.1) is 0 Å². The van der Waals surface area contributed by atoms with Gasteiger partial charge in [-0.1, -0.05) is 31.2 Å². The molecule has 0 aliphatic carbocycles. The van der Waals surface area contributed by atoms with Gasteiger partial charge in [0.05, 0.1) is 25.4 Å². The quantitative estimate of drug-likeness (QED) is 0.494. The molecule has 3 N–H and O–H groups in total. The molecule has 4 rings (SSSR count). The number of nitrogens with one attached hydrogen (secondary N) is 2. The molecule has 1 unspecified atom stereocenters. The second kappa shape index (κ2) is 10.9. The van der Waals surface area contributed by atoms with Crippen LogP contribution >= 0.6 is 0 Å². The second-order valence-corrected chi connectivity index (χ2v) is 8.86. The second-order valence-electron chi connectivity index (χ2n) is 8.86. The highest BCUT2D eigenvalue weighted by atomic mass is 16.5. The van der Waals surface area contributed by atoms with Gasteiger partial charge in [-0.15, -0.1) is 0 Å². The summed E-state index contributed by atoms with van der Waals surface area (Å²) in [5, 5.41) is 16.7. The minimum Gasteiger partial charge on any atom is -0.390 e. The lowest BCUT2D eigenvalue weighted by Gasteiger charge is -2.30. The molecule has 3 heterocycles. The molecule has 9 heteroatoms. The van der Waals surface area contributed by atoms with E-state index in [0.29, 0.717) is 31.5 Å². The van der Waals surface area contributed by atoms with Crippen molar-refractivity contribution in [2.24, 2.45) is 0 Å². The number of aromatic nitrogens is 2. The molecule has 1 aromatic heterocycles. The highest BCUT2D eigenvalue weighted by Crippen LogP contribution is 2.19. The Morgan fingerprint density at radius 3 is 2.82 bits per heavy atom. The lowest BCUT2D eigenvalue weighted by molar-refractivity contribution is 0.0209.